The van der Waals surface area contributed by atoms with Gasteiger partial charge in [0.1, 0.15) is 12.2 Å². The van der Waals surface area contributed by atoms with Crippen LogP contribution >= 0.6 is 23.8 Å². The molecular formula is C24H23ClN2O4S. The van der Waals surface area contributed by atoms with E-state index in [0.717, 1.165) is 11.1 Å². The molecule has 2 aromatic carbocycles. The van der Waals surface area contributed by atoms with Crippen LogP contribution < -0.4 is 14.8 Å². The summed E-state index contributed by atoms with van der Waals surface area (Å²) in [5, 5.41) is 2.87. The molecule has 32 heavy (non-hydrogen) atoms. The van der Waals surface area contributed by atoms with E-state index in [1.165, 1.54) is 17.1 Å². The van der Waals surface area contributed by atoms with Gasteiger partial charge in [-0.15, -0.1) is 6.58 Å². The molecule has 0 aromatic heterocycles. The molecule has 1 aliphatic rings. The third-order valence-corrected chi connectivity index (χ3v) is 5.21. The molecule has 1 aliphatic heterocycles. The van der Waals surface area contributed by atoms with E-state index >= 15 is 0 Å². The van der Waals surface area contributed by atoms with Crippen LogP contribution in [0.15, 0.2) is 54.6 Å². The minimum Gasteiger partial charge on any atom is -0.490 e. The van der Waals surface area contributed by atoms with Gasteiger partial charge in [-0.3, -0.25) is 19.8 Å². The summed E-state index contributed by atoms with van der Waals surface area (Å²) in [6.45, 7) is 8.36. The van der Waals surface area contributed by atoms with Crippen molar-refractivity contribution in [1.29, 1.82) is 0 Å². The molecule has 0 spiro atoms. The van der Waals surface area contributed by atoms with Crippen LogP contribution in [0, 0.1) is 6.92 Å². The molecule has 2 aromatic rings. The standard InChI is InChI=1S/C24H23ClN2O4S/c1-4-9-27-23(29)18(22(28)26-24(27)32)11-17-12-19(25)21(20(13-17)30-5-2)31-14-16-8-6-7-15(3)10-16/h4,6-8,10-13H,1,5,9,14H2,2-3H3,(H,26,28,32)/b18-11+. The second kappa shape index (κ2) is 10.4. The van der Waals surface area contributed by atoms with Crippen LogP contribution in [0.1, 0.15) is 23.6 Å². The highest BCUT2D eigenvalue weighted by molar-refractivity contribution is 7.80. The van der Waals surface area contributed by atoms with Crippen molar-refractivity contribution in [3.63, 3.8) is 0 Å². The van der Waals surface area contributed by atoms with Gasteiger partial charge in [0.15, 0.2) is 16.6 Å². The zero-order chi connectivity index (χ0) is 23.3. The van der Waals surface area contributed by atoms with Crippen LogP contribution in [0.25, 0.3) is 6.08 Å². The number of thiocarbonyl (C=S) groups is 1. The van der Waals surface area contributed by atoms with E-state index in [4.69, 9.17) is 33.3 Å². The second-order valence-electron chi connectivity index (χ2n) is 7.06. The smallest absolute Gasteiger partial charge is 0.265 e. The lowest BCUT2D eigenvalue weighted by molar-refractivity contribution is -0.128. The number of rotatable bonds is 8. The number of aryl methyl sites for hydroxylation is 1. The van der Waals surface area contributed by atoms with E-state index in [1.807, 2.05) is 38.1 Å². The molecule has 8 heteroatoms. The highest BCUT2D eigenvalue weighted by atomic mass is 35.5. The van der Waals surface area contributed by atoms with Crippen molar-refractivity contribution >= 4 is 46.8 Å². The van der Waals surface area contributed by atoms with Crippen molar-refractivity contribution in [1.82, 2.24) is 10.2 Å². The lowest BCUT2D eigenvalue weighted by Gasteiger charge is -2.27. The Bertz CT molecular complexity index is 1110. The molecule has 3 rings (SSSR count). The van der Waals surface area contributed by atoms with Crippen molar-refractivity contribution in [3.05, 3.63) is 76.3 Å². The van der Waals surface area contributed by atoms with Crippen LogP contribution in [0.2, 0.25) is 5.02 Å². The Labute approximate surface area is 197 Å². The summed E-state index contributed by atoms with van der Waals surface area (Å²) in [6.07, 6.45) is 2.98. The maximum absolute atomic E-state index is 12.8. The fraction of sp³-hybridized carbons (Fsp3) is 0.208. The number of amides is 2. The van der Waals surface area contributed by atoms with Gasteiger partial charge >= 0.3 is 0 Å². The molecule has 166 valence electrons. The van der Waals surface area contributed by atoms with Crippen molar-refractivity contribution in [2.75, 3.05) is 13.2 Å². The minimum absolute atomic E-state index is 0.0463. The van der Waals surface area contributed by atoms with Crippen molar-refractivity contribution in [2.45, 2.75) is 20.5 Å². The van der Waals surface area contributed by atoms with Gasteiger partial charge < -0.3 is 9.47 Å². The van der Waals surface area contributed by atoms with Crippen LogP contribution in [-0.4, -0.2) is 35.0 Å². The van der Waals surface area contributed by atoms with Crippen molar-refractivity contribution < 1.29 is 19.1 Å². The Hall–Kier alpha value is -3.16. The summed E-state index contributed by atoms with van der Waals surface area (Å²) >= 11 is 11.6. The van der Waals surface area contributed by atoms with Gasteiger partial charge in [-0.05, 0) is 55.4 Å². The molecule has 1 N–H and O–H groups in total. The average molecular weight is 471 g/mol. The molecular weight excluding hydrogens is 448 g/mol. The first-order valence-corrected chi connectivity index (χ1v) is 10.8. The third-order valence-electron chi connectivity index (χ3n) is 4.61. The van der Waals surface area contributed by atoms with Crippen LogP contribution in [0.4, 0.5) is 0 Å². The van der Waals surface area contributed by atoms with Gasteiger partial charge in [0.25, 0.3) is 11.8 Å². The zero-order valence-corrected chi connectivity index (χ0v) is 19.4. The average Bonchev–Trinajstić information content (AvgIpc) is 2.74. The number of benzene rings is 2. The zero-order valence-electron chi connectivity index (χ0n) is 17.8. The lowest BCUT2D eigenvalue weighted by atomic mass is 10.1. The highest BCUT2D eigenvalue weighted by Crippen LogP contribution is 2.38. The normalized spacial score (nSPS) is 15.0. The van der Waals surface area contributed by atoms with Gasteiger partial charge in [0, 0.05) is 6.54 Å². The van der Waals surface area contributed by atoms with Crippen LogP contribution in [-0.2, 0) is 16.2 Å². The topological polar surface area (TPSA) is 67.9 Å². The van der Waals surface area contributed by atoms with Gasteiger partial charge in [0.2, 0.25) is 0 Å². The molecule has 1 fully saturated rings. The van der Waals surface area contributed by atoms with Gasteiger partial charge in [-0.1, -0.05) is 47.5 Å². The Kier molecular flexibility index (Phi) is 7.66. The quantitative estimate of drug-likeness (QED) is 0.267. The first-order chi connectivity index (χ1) is 15.3. The molecule has 0 aliphatic carbocycles. The van der Waals surface area contributed by atoms with E-state index in [2.05, 4.69) is 11.9 Å². The molecule has 0 unspecified atom stereocenters. The summed E-state index contributed by atoms with van der Waals surface area (Å²) in [5.41, 5.74) is 2.58. The van der Waals surface area contributed by atoms with E-state index in [1.54, 1.807) is 12.1 Å². The van der Waals surface area contributed by atoms with Gasteiger partial charge in [-0.2, -0.15) is 0 Å². The SMILES string of the molecule is C=CCN1C(=O)/C(=C/c2cc(Cl)c(OCc3cccc(C)c3)c(OCC)c2)C(=O)NC1=S. The maximum atomic E-state index is 12.8. The monoisotopic (exact) mass is 470 g/mol. The summed E-state index contributed by atoms with van der Waals surface area (Å²) in [7, 11) is 0. The summed E-state index contributed by atoms with van der Waals surface area (Å²) in [6, 6.07) is 11.3. The van der Waals surface area contributed by atoms with Crippen molar-refractivity contribution in [3.8, 4) is 11.5 Å². The largest absolute Gasteiger partial charge is 0.490 e. The lowest BCUT2D eigenvalue weighted by Crippen LogP contribution is -2.53. The molecule has 0 atom stereocenters. The molecule has 6 nitrogen and oxygen atoms in total. The predicted octanol–water partition coefficient (Wildman–Crippen LogP) is 4.44. The summed E-state index contributed by atoms with van der Waals surface area (Å²) in [5.74, 6) is -0.269. The van der Waals surface area contributed by atoms with Crippen LogP contribution in [0.5, 0.6) is 11.5 Å². The number of hydrogen-bond donors (Lipinski definition) is 1. The Balaban J connectivity index is 1.92. The molecule has 2 amide bonds. The Morgan fingerprint density at radius 3 is 2.69 bits per heavy atom. The summed E-state index contributed by atoms with van der Waals surface area (Å²) < 4.78 is 11.7. The number of carbonyl (C=O) groups excluding carboxylic acids is 2. The predicted molar refractivity (Wildman–Crippen MR) is 129 cm³/mol. The van der Waals surface area contributed by atoms with Gasteiger partial charge in [0.05, 0.1) is 11.6 Å². The first kappa shape index (κ1) is 23.5. The highest BCUT2D eigenvalue weighted by Gasteiger charge is 2.32. The Morgan fingerprint density at radius 2 is 2.00 bits per heavy atom. The number of nitrogens with one attached hydrogen (secondary N) is 1. The fourth-order valence-corrected chi connectivity index (χ4v) is 3.71. The van der Waals surface area contributed by atoms with Gasteiger partial charge in [-0.25, -0.2) is 0 Å². The van der Waals surface area contributed by atoms with E-state index in [9.17, 15) is 9.59 Å². The number of halogens is 1. The molecule has 1 heterocycles. The molecule has 0 saturated carbocycles. The van der Waals surface area contributed by atoms with E-state index in [-0.39, 0.29) is 17.2 Å². The Morgan fingerprint density at radius 1 is 1.22 bits per heavy atom. The van der Waals surface area contributed by atoms with Crippen molar-refractivity contribution in [2.24, 2.45) is 0 Å². The number of hydrogen-bond acceptors (Lipinski definition) is 5. The maximum Gasteiger partial charge on any atom is 0.265 e. The number of carbonyl (C=O) groups is 2. The molecule has 0 bridgehead atoms. The number of nitrogens with zero attached hydrogens (tertiary/aromatic N) is 1. The molecule has 0 radical (unpaired) electrons. The summed E-state index contributed by atoms with van der Waals surface area (Å²) in [4.78, 5) is 26.4. The first-order valence-electron chi connectivity index (χ1n) is 9.98. The second-order valence-corrected chi connectivity index (χ2v) is 7.86. The number of ether oxygens (including phenoxy) is 2. The van der Waals surface area contributed by atoms with Crippen LogP contribution in [0.3, 0.4) is 0 Å². The fourth-order valence-electron chi connectivity index (χ4n) is 3.19. The van der Waals surface area contributed by atoms with E-state index < -0.39 is 11.8 Å². The third kappa shape index (κ3) is 5.36. The minimum atomic E-state index is -0.575. The van der Waals surface area contributed by atoms with E-state index in [0.29, 0.717) is 35.3 Å². The molecule has 1 saturated heterocycles.